The maximum absolute atomic E-state index is 13.1. The molecule has 3 amide bonds. The highest BCUT2D eigenvalue weighted by Gasteiger charge is 2.21. The zero-order valence-corrected chi connectivity index (χ0v) is 17.6. The molecule has 1 atom stereocenters. The van der Waals surface area contributed by atoms with E-state index in [2.05, 4.69) is 21.7 Å². The van der Waals surface area contributed by atoms with Crippen molar-refractivity contribution in [1.82, 2.24) is 20.2 Å². The summed E-state index contributed by atoms with van der Waals surface area (Å²) in [6.07, 6.45) is 7.65. The lowest BCUT2D eigenvalue weighted by molar-refractivity contribution is -0.119. The van der Waals surface area contributed by atoms with Crippen molar-refractivity contribution >= 4 is 34.6 Å². The van der Waals surface area contributed by atoms with Crippen LogP contribution in [0.2, 0.25) is 0 Å². The molecular weight excluding hydrogens is 388 g/mol. The summed E-state index contributed by atoms with van der Waals surface area (Å²) in [5, 5.41) is 5.10. The average Bonchev–Trinajstić information content (AvgIpc) is 2.74. The summed E-state index contributed by atoms with van der Waals surface area (Å²) in [5.74, 6) is -0.432. The first-order valence-electron chi connectivity index (χ1n) is 9.86. The second kappa shape index (κ2) is 9.73. The Morgan fingerprint density at radius 3 is 2.79 bits per heavy atom. The summed E-state index contributed by atoms with van der Waals surface area (Å²) in [6, 6.07) is 6.67. The number of carbonyl (C=O) groups is 2. The summed E-state index contributed by atoms with van der Waals surface area (Å²) in [4.78, 5) is 41.5. The van der Waals surface area contributed by atoms with Gasteiger partial charge in [-0.2, -0.15) is 0 Å². The Balaban J connectivity index is 1.89. The molecule has 3 rings (SSSR count). The van der Waals surface area contributed by atoms with Gasteiger partial charge in [0.05, 0.1) is 16.2 Å². The van der Waals surface area contributed by atoms with Crippen molar-refractivity contribution in [2.75, 3.05) is 7.05 Å². The van der Waals surface area contributed by atoms with Crippen molar-refractivity contribution < 1.29 is 9.59 Å². The van der Waals surface area contributed by atoms with Gasteiger partial charge in [0.15, 0.2) is 5.16 Å². The topological polar surface area (TPSA) is 93.1 Å². The van der Waals surface area contributed by atoms with Crippen LogP contribution < -0.4 is 16.2 Å². The first kappa shape index (κ1) is 21.1. The fraction of sp³-hybridized carbons (Fsp3) is 0.429. The molecule has 29 heavy (non-hydrogen) atoms. The molecule has 0 bridgehead atoms. The van der Waals surface area contributed by atoms with Gasteiger partial charge in [-0.3, -0.25) is 19.5 Å². The van der Waals surface area contributed by atoms with Gasteiger partial charge in [0.1, 0.15) is 0 Å². The average molecular weight is 415 g/mol. The summed E-state index contributed by atoms with van der Waals surface area (Å²) in [7, 11) is 1.45. The number of nitrogens with zero attached hydrogens (tertiary/aromatic N) is 2. The minimum absolute atomic E-state index is 0.103. The lowest BCUT2D eigenvalue weighted by Crippen LogP contribution is -2.41. The molecule has 154 valence electrons. The molecule has 2 N–H and O–H groups in total. The van der Waals surface area contributed by atoms with E-state index in [0.29, 0.717) is 22.6 Å². The molecular formula is C21H26N4O3S. The number of para-hydroxylation sites is 1. The number of aromatic nitrogens is 2. The van der Waals surface area contributed by atoms with E-state index in [1.54, 1.807) is 23.6 Å². The summed E-state index contributed by atoms with van der Waals surface area (Å²) in [5.41, 5.74) is 1.87. The van der Waals surface area contributed by atoms with Crippen LogP contribution >= 0.6 is 11.8 Å². The number of hydrogen-bond donors (Lipinski definition) is 2. The third-order valence-electron chi connectivity index (χ3n) is 4.98. The highest BCUT2D eigenvalue weighted by molar-refractivity contribution is 8.00. The van der Waals surface area contributed by atoms with E-state index >= 15 is 0 Å². The van der Waals surface area contributed by atoms with E-state index in [0.717, 1.165) is 19.3 Å². The number of nitrogens with one attached hydrogen (secondary N) is 2. The van der Waals surface area contributed by atoms with Crippen molar-refractivity contribution in [3.8, 4) is 0 Å². The maximum atomic E-state index is 13.1. The summed E-state index contributed by atoms with van der Waals surface area (Å²) in [6.45, 7) is 2.22. The molecule has 2 aromatic rings. The van der Waals surface area contributed by atoms with Crippen LogP contribution in [0.3, 0.4) is 0 Å². The highest BCUT2D eigenvalue weighted by atomic mass is 32.2. The number of imide groups is 1. The second-order valence-corrected chi connectivity index (χ2v) is 8.36. The van der Waals surface area contributed by atoms with Crippen LogP contribution in [0.1, 0.15) is 39.0 Å². The van der Waals surface area contributed by atoms with Gasteiger partial charge in [0.25, 0.3) is 5.56 Å². The minimum atomic E-state index is -0.583. The van der Waals surface area contributed by atoms with Crippen molar-refractivity contribution in [2.24, 2.45) is 0 Å². The van der Waals surface area contributed by atoms with E-state index in [-0.39, 0.29) is 5.56 Å². The Morgan fingerprint density at radius 2 is 2.07 bits per heavy atom. The number of allylic oxidation sites excluding steroid dienone is 2. The van der Waals surface area contributed by atoms with Crippen molar-refractivity contribution in [3.63, 3.8) is 0 Å². The predicted molar refractivity (Wildman–Crippen MR) is 115 cm³/mol. The number of amides is 3. The number of fused-ring (bicyclic) bond motifs is 1. The van der Waals surface area contributed by atoms with Gasteiger partial charge in [-0.05, 0) is 51.2 Å². The smallest absolute Gasteiger partial charge is 0.321 e. The molecule has 1 aliphatic rings. The fourth-order valence-electron chi connectivity index (χ4n) is 3.31. The maximum Gasteiger partial charge on any atom is 0.321 e. The van der Waals surface area contributed by atoms with Crippen LogP contribution in [0.5, 0.6) is 0 Å². The Kier molecular flexibility index (Phi) is 7.09. The number of benzene rings is 1. The molecule has 0 radical (unpaired) electrons. The largest absolute Gasteiger partial charge is 0.341 e. The molecule has 1 aromatic carbocycles. The van der Waals surface area contributed by atoms with E-state index < -0.39 is 17.2 Å². The van der Waals surface area contributed by atoms with Crippen LogP contribution in [0.25, 0.3) is 10.9 Å². The zero-order valence-electron chi connectivity index (χ0n) is 16.7. The molecule has 1 heterocycles. The van der Waals surface area contributed by atoms with Crippen molar-refractivity contribution in [3.05, 3.63) is 46.3 Å². The van der Waals surface area contributed by atoms with Crippen LogP contribution in [0.4, 0.5) is 4.79 Å². The molecule has 1 aromatic heterocycles. The van der Waals surface area contributed by atoms with E-state index in [9.17, 15) is 14.4 Å². The monoisotopic (exact) mass is 414 g/mol. The number of thioether (sulfide) groups is 1. The molecule has 0 aliphatic heterocycles. The quantitative estimate of drug-likeness (QED) is 0.430. The lowest BCUT2D eigenvalue weighted by atomic mass is 9.97. The van der Waals surface area contributed by atoms with Gasteiger partial charge < -0.3 is 5.32 Å². The van der Waals surface area contributed by atoms with E-state index in [4.69, 9.17) is 0 Å². The molecule has 0 saturated carbocycles. The number of hydrogen-bond acceptors (Lipinski definition) is 5. The number of rotatable bonds is 6. The van der Waals surface area contributed by atoms with Crippen LogP contribution in [0, 0.1) is 0 Å². The standard InChI is InChI=1S/C21H26N4O3S/c1-14(18(26)24-20(28)22-2)29-21-23-17-11-7-6-10-16(17)19(27)25(21)13-12-15-8-4-3-5-9-15/h6-8,10-11,14H,3-5,9,12-13H2,1-2H3,(H2,22,24,26,28). The normalized spacial score (nSPS) is 14.9. The van der Waals surface area contributed by atoms with Gasteiger partial charge in [0.2, 0.25) is 5.91 Å². The Labute approximate surface area is 174 Å². The van der Waals surface area contributed by atoms with Gasteiger partial charge in [-0.25, -0.2) is 9.78 Å². The number of carbonyl (C=O) groups excluding carboxylic acids is 2. The Bertz CT molecular complexity index is 999. The SMILES string of the molecule is CNC(=O)NC(=O)C(C)Sc1nc2ccccc2c(=O)n1CCC1=CCCCC1. The molecule has 7 nitrogen and oxygen atoms in total. The Hall–Kier alpha value is -2.61. The van der Waals surface area contributed by atoms with Gasteiger partial charge in [-0.1, -0.05) is 35.5 Å². The zero-order chi connectivity index (χ0) is 20.8. The minimum Gasteiger partial charge on any atom is -0.341 e. The molecule has 0 saturated heterocycles. The molecule has 0 fully saturated rings. The van der Waals surface area contributed by atoms with Gasteiger partial charge >= 0.3 is 6.03 Å². The van der Waals surface area contributed by atoms with Gasteiger partial charge in [0, 0.05) is 13.6 Å². The van der Waals surface area contributed by atoms with E-state index in [1.165, 1.54) is 37.2 Å². The first-order valence-corrected chi connectivity index (χ1v) is 10.7. The third-order valence-corrected chi connectivity index (χ3v) is 6.07. The van der Waals surface area contributed by atoms with Crippen LogP contribution in [-0.2, 0) is 11.3 Å². The summed E-state index contributed by atoms with van der Waals surface area (Å²) < 4.78 is 1.66. The van der Waals surface area contributed by atoms with E-state index in [1.807, 2.05) is 12.1 Å². The summed E-state index contributed by atoms with van der Waals surface area (Å²) >= 11 is 1.19. The highest BCUT2D eigenvalue weighted by Crippen LogP contribution is 2.25. The lowest BCUT2D eigenvalue weighted by Gasteiger charge is -2.18. The second-order valence-electron chi connectivity index (χ2n) is 7.05. The van der Waals surface area contributed by atoms with Crippen LogP contribution in [0.15, 0.2) is 45.9 Å². The molecule has 8 heteroatoms. The molecule has 0 spiro atoms. The van der Waals surface area contributed by atoms with Crippen LogP contribution in [-0.4, -0.2) is 33.8 Å². The van der Waals surface area contributed by atoms with Crippen molar-refractivity contribution in [1.29, 1.82) is 0 Å². The van der Waals surface area contributed by atoms with Gasteiger partial charge in [-0.15, -0.1) is 0 Å². The first-order chi connectivity index (χ1) is 14.0. The molecule has 1 unspecified atom stereocenters. The predicted octanol–water partition coefficient (Wildman–Crippen LogP) is 3.22. The van der Waals surface area contributed by atoms with Crippen molar-refractivity contribution in [2.45, 2.75) is 56.0 Å². The fourth-order valence-corrected chi connectivity index (χ4v) is 4.24. The number of urea groups is 1. The third kappa shape index (κ3) is 5.26. The Morgan fingerprint density at radius 1 is 1.28 bits per heavy atom. The molecule has 1 aliphatic carbocycles.